The number of anilines is 1. The van der Waals surface area contributed by atoms with Crippen LogP contribution in [0.3, 0.4) is 0 Å². The highest BCUT2D eigenvalue weighted by atomic mass is 16.5. The summed E-state index contributed by atoms with van der Waals surface area (Å²) in [7, 11) is 1.24. The normalized spacial score (nSPS) is 11.9. The minimum absolute atomic E-state index is 0.239. The van der Waals surface area contributed by atoms with Crippen LogP contribution in [0.25, 0.3) is 11.1 Å². The van der Waals surface area contributed by atoms with Crippen LogP contribution in [-0.4, -0.2) is 29.7 Å². The van der Waals surface area contributed by atoms with Crippen LogP contribution in [-0.2, 0) is 33.8 Å². The van der Waals surface area contributed by atoms with Gasteiger partial charge in [-0.1, -0.05) is 45.0 Å². The van der Waals surface area contributed by atoms with Gasteiger partial charge in [0.05, 0.1) is 18.5 Å². The number of ether oxygens (including phenoxy) is 1. The fourth-order valence-electron chi connectivity index (χ4n) is 3.83. The van der Waals surface area contributed by atoms with Crippen molar-refractivity contribution >= 4 is 23.3 Å². The third-order valence-electron chi connectivity index (χ3n) is 5.57. The van der Waals surface area contributed by atoms with Crippen molar-refractivity contribution in [2.24, 2.45) is 23.3 Å². The maximum Gasteiger partial charge on any atom is 0.314 e. The van der Waals surface area contributed by atoms with Gasteiger partial charge in [-0.15, -0.1) is 0 Å². The van der Waals surface area contributed by atoms with Crippen molar-refractivity contribution in [3.05, 3.63) is 46.8 Å². The van der Waals surface area contributed by atoms with Gasteiger partial charge in [0.2, 0.25) is 0 Å². The molecule has 1 aromatic heterocycles. The second kappa shape index (κ2) is 11.7. The van der Waals surface area contributed by atoms with Crippen LogP contribution in [0.2, 0.25) is 0 Å². The molecule has 0 aliphatic heterocycles. The molecule has 0 bridgehead atoms. The number of nitrogens with two attached hydrogens (primary N) is 2. The molecule has 0 fully saturated rings. The molecule has 8 nitrogen and oxygen atoms in total. The summed E-state index contributed by atoms with van der Waals surface area (Å²) in [4.78, 5) is 29.8. The van der Waals surface area contributed by atoms with Crippen LogP contribution in [0.5, 0.6) is 0 Å². The maximum atomic E-state index is 13.0. The van der Waals surface area contributed by atoms with Gasteiger partial charge < -0.3 is 21.5 Å². The highest BCUT2D eigenvalue weighted by Gasteiger charge is 2.29. The third-order valence-corrected chi connectivity index (χ3v) is 5.57. The Hall–Kier alpha value is -3.10. The lowest BCUT2D eigenvalue weighted by molar-refractivity contribution is -0.143. The quantitative estimate of drug-likeness (QED) is 0.321. The molecule has 1 aromatic carbocycles. The fourth-order valence-corrected chi connectivity index (χ4v) is 3.83. The molecule has 1 heterocycles. The van der Waals surface area contributed by atoms with Crippen molar-refractivity contribution in [1.82, 2.24) is 4.98 Å². The van der Waals surface area contributed by atoms with Gasteiger partial charge in [-0.3, -0.25) is 20.0 Å². The average Bonchev–Trinajstić information content (AvgIpc) is 2.80. The number of rotatable bonds is 10. The second-order valence-electron chi connectivity index (χ2n) is 8.43. The van der Waals surface area contributed by atoms with E-state index >= 15 is 0 Å². The predicted molar refractivity (Wildman–Crippen MR) is 131 cm³/mol. The van der Waals surface area contributed by atoms with E-state index in [-0.39, 0.29) is 18.7 Å². The largest absolute Gasteiger partial charge is 0.469 e. The van der Waals surface area contributed by atoms with Crippen LogP contribution >= 0.6 is 0 Å². The first kappa shape index (κ1) is 26.2. The van der Waals surface area contributed by atoms with Crippen molar-refractivity contribution in [3.63, 3.8) is 0 Å². The number of carbonyl (C=O) groups excluding carboxylic acids is 2. The molecule has 0 saturated heterocycles. The first-order chi connectivity index (χ1) is 15.7. The van der Waals surface area contributed by atoms with Gasteiger partial charge in [-0.2, -0.15) is 0 Å². The molecule has 178 valence electrons. The Morgan fingerprint density at radius 3 is 2.27 bits per heavy atom. The SMILES string of the molecule is CCC(C(=N)C(=O)Nc1c(C)nc(CC(C)C)c(CN)c1-c1ccc(CN)cc1)C(=O)OC. The van der Waals surface area contributed by atoms with Gasteiger partial charge in [0.25, 0.3) is 5.91 Å². The van der Waals surface area contributed by atoms with E-state index < -0.39 is 17.8 Å². The standard InChI is InChI=1S/C25H35N5O3/c1-6-18(25(32)33-5)22(28)24(31)30-23-15(4)29-20(11-14(2)3)19(13-27)21(23)17-9-7-16(12-26)8-10-17/h7-10,14,18,28H,6,11-13,26-27H2,1-5H3,(H,30,31). The number of hydrogen-bond acceptors (Lipinski definition) is 7. The van der Waals surface area contributed by atoms with E-state index in [1.165, 1.54) is 7.11 Å². The van der Waals surface area contributed by atoms with E-state index in [9.17, 15) is 9.59 Å². The summed E-state index contributed by atoms with van der Waals surface area (Å²) >= 11 is 0. The first-order valence-electron chi connectivity index (χ1n) is 11.2. The first-order valence-corrected chi connectivity index (χ1v) is 11.2. The zero-order chi connectivity index (χ0) is 24.7. The smallest absolute Gasteiger partial charge is 0.314 e. The lowest BCUT2D eigenvalue weighted by Gasteiger charge is -2.22. The van der Waals surface area contributed by atoms with Crippen molar-refractivity contribution in [2.75, 3.05) is 12.4 Å². The minimum atomic E-state index is -0.940. The Morgan fingerprint density at radius 1 is 1.15 bits per heavy atom. The Bertz CT molecular complexity index is 1020. The molecular formula is C25H35N5O3. The summed E-state index contributed by atoms with van der Waals surface area (Å²) in [6, 6.07) is 7.76. The van der Waals surface area contributed by atoms with Crippen LogP contribution in [0.4, 0.5) is 5.69 Å². The third kappa shape index (κ3) is 6.03. The summed E-state index contributed by atoms with van der Waals surface area (Å²) in [6.07, 6.45) is 1.02. The Morgan fingerprint density at radius 2 is 1.79 bits per heavy atom. The fraction of sp³-hybridized carbons (Fsp3) is 0.440. The molecule has 2 aromatic rings. The molecule has 0 saturated carbocycles. The lowest BCUT2D eigenvalue weighted by Crippen LogP contribution is -2.34. The van der Waals surface area contributed by atoms with Crippen molar-refractivity contribution in [2.45, 2.75) is 53.6 Å². The number of nitrogens with zero attached hydrogens (tertiary/aromatic N) is 1. The van der Waals surface area contributed by atoms with Gasteiger partial charge in [0.1, 0.15) is 11.6 Å². The Balaban J connectivity index is 2.64. The molecule has 0 radical (unpaired) electrons. The minimum Gasteiger partial charge on any atom is -0.469 e. The number of aromatic nitrogens is 1. The molecule has 0 aliphatic carbocycles. The molecule has 1 unspecified atom stereocenters. The summed E-state index contributed by atoms with van der Waals surface area (Å²) in [6.45, 7) is 8.43. The number of esters is 1. The van der Waals surface area contributed by atoms with Crippen molar-refractivity contribution in [1.29, 1.82) is 5.41 Å². The van der Waals surface area contributed by atoms with Gasteiger partial charge in [-0.05, 0) is 42.4 Å². The van der Waals surface area contributed by atoms with E-state index in [4.69, 9.17) is 26.6 Å². The Kier molecular flexibility index (Phi) is 9.25. The number of methoxy groups -OCH3 is 1. The van der Waals surface area contributed by atoms with Gasteiger partial charge >= 0.3 is 5.97 Å². The summed E-state index contributed by atoms with van der Waals surface area (Å²) < 4.78 is 4.75. The summed E-state index contributed by atoms with van der Waals surface area (Å²) in [5, 5.41) is 11.1. The summed E-state index contributed by atoms with van der Waals surface area (Å²) in [5.41, 5.74) is 17.0. The van der Waals surface area contributed by atoms with Crippen LogP contribution in [0.1, 0.15) is 49.7 Å². The number of hydrogen-bond donors (Lipinski definition) is 4. The highest BCUT2D eigenvalue weighted by molar-refractivity contribution is 6.45. The van der Waals surface area contributed by atoms with Crippen LogP contribution in [0.15, 0.2) is 24.3 Å². The monoisotopic (exact) mass is 453 g/mol. The summed E-state index contributed by atoms with van der Waals surface area (Å²) in [5.74, 6) is -1.85. The zero-order valence-electron chi connectivity index (χ0n) is 20.1. The molecule has 33 heavy (non-hydrogen) atoms. The average molecular weight is 454 g/mol. The number of nitrogens with one attached hydrogen (secondary N) is 2. The molecule has 2 rings (SSSR count). The number of aryl methyl sites for hydroxylation is 1. The second-order valence-corrected chi connectivity index (χ2v) is 8.43. The number of benzene rings is 1. The number of amides is 1. The van der Waals surface area contributed by atoms with Gasteiger partial charge in [0, 0.05) is 24.3 Å². The topological polar surface area (TPSA) is 144 Å². The molecule has 6 N–H and O–H groups in total. The molecule has 0 aliphatic rings. The van der Waals surface area contributed by atoms with E-state index in [1.807, 2.05) is 31.2 Å². The van der Waals surface area contributed by atoms with E-state index in [2.05, 4.69) is 19.2 Å². The molecule has 1 atom stereocenters. The number of carbonyl (C=O) groups is 2. The van der Waals surface area contributed by atoms with Gasteiger partial charge in [0.15, 0.2) is 0 Å². The van der Waals surface area contributed by atoms with Crippen molar-refractivity contribution in [3.8, 4) is 11.1 Å². The zero-order valence-corrected chi connectivity index (χ0v) is 20.1. The van der Waals surface area contributed by atoms with E-state index in [1.54, 1.807) is 6.92 Å². The lowest BCUT2D eigenvalue weighted by atomic mass is 9.92. The predicted octanol–water partition coefficient (Wildman–Crippen LogP) is 3.33. The molecule has 8 heteroatoms. The van der Waals surface area contributed by atoms with E-state index in [0.717, 1.165) is 34.4 Å². The molecular weight excluding hydrogens is 418 g/mol. The van der Waals surface area contributed by atoms with E-state index in [0.29, 0.717) is 23.8 Å². The molecule has 0 spiro atoms. The van der Waals surface area contributed by atoms with Crippen LogP contribution < -0.4 is 16.8 Å². The Labute approximate surface area is 195 Å². The molecule has 1 amide bonds. The number of pyridine rings is 1. The van der Waals surface area contributed by atoms with Crippen molar-refractivity contribution < 1.29 is 14.3 Å². The highest BCUT2D eigenvalue weighted by Crippen LogP contribution is 2.36. The maximum absolute atomic E-state index is 13.0. The van der Waals surface area contributed by atoms with Gasteiger partial charge in [-0.25, -0.2) is 0 Å². The van der Waals surface area contributed by atoms with Crippen LogP contribution in [0, 0.1) is 24.2 Å².